The maximum absolute atomic E-state index is 13.3. The Morgan fingerprint density at radius 2 is 1.86 bits per heavy atom. The van der Waals surface area contributed by atoms with Gasteiger partial charge in [-0.25, -0.2) is 0 Å². The predicted molar refractivity (Wildman–Crippen MR) is 135 cm³/mol. The Kier molecular flexibility index (Phi) is 7.19. The predicted octanol–water partition coefficient (Wildman–Crippen LogP) is 3.66. The van der Waals surface area contributed by atoms with E-state index < -0.39 is 0 Å². The van der Waals surface area contributed by atoms with Crippen molar-refractivity contribution in [2.75, 3.05) is 13.7 Å². The van der Waals surface area contributed by atoms with E-state index in [2.05, 4.69) is 10.4 Å². The van der Waals surface area contributed by atoms with Crippen LogP contribution in [0.3, 0.4) is 0 Å². The lowest BCUT2D eigenvalue weighted by molar-refractivity contribution is -0.121. The van der Waals surface area contributed by atoms with Crippen molar-refractivity contribution in [3.63, 3.8) is 0 Å². The number of nitrogens with one attached hydrogen (secondary N) is 1. The molecule has 2 aromatic carbocycles. The molecule has 0 aliphatic rings. The van der Waals surface area contributed by atoms with Gasteiger partial charge in [-0.2, -0.15) is 9.61 Å². The van der Waals surface area contributed by atoms with Crippen molar-refractivity contribution < 1.29 is 14.3 Å². The van der Waals surface area contributed by atoms with Gasteiger partial charge in [0.1, 0.15) is 17.1 Å². The quantitative estimate of drug-likeness (QED) is 0.400. The molecule has 4 rings (SSSR count). The van der Waals surface area contributed by atoms with E-state index >= 15 is 0 Å². The summed E-state index contributed by atoms with van der Waals surface area (Å²) in [6, 6.07) is 17.1. The zero-order valence-corrected chi connectivity index (χ0v) is 20.5. The standard InChI is InChI=1S/C27H30N4O4/c1-5-35-20-12-10-19(11-13-20)17-28-25(32)15-14-21-18(2)30(3)26-16-23(29-31(26)27(21)33)22-8-6-7-9-24(22)34-4/h6-13,16H,5,14-15,17H2,1-4H3,(H,28,32). The number of nitrogens with zero attached hydrogens (tertiary/aromatic N) is 3. The number of aryl methyl sites for hydroxylation is 1. The summed E-state index contributed by atoms with van der Waals surface area (Å²) in [5, 5.41) is 7.49. The van der Waals surface area contributed by atoms with Gasteiger partial charge in [0.15, 0.2) is 0 Å². The van der Waals surface area contributed by atoms with Gasteiger partial charge in [-0.15, -0.1) is 0 Å². The van der Waals surface area contributed by atoms with Gasteiger partial charge in [0, 0.05) is 42.9 Å². The lowest BCUT2D eigenvalue weighted by Crippen LogP contribution is -2.27. The fourth-order valence-electron chi connectivity index (χ4n) is 4.09. The largest absolute Gasteiger partial charge is 0.496 e. The first kappa shape index (κ1) is 24.1. The molecule has 0 aliphatic carbocycles. The molecule has 0 atom stereocenters. The van der Waals surface area contributed by atoms with Crippen molar-refractivity contribution in [2.45, 2.75) is 33.2 Å². The summed E-state index contributed by atoms with van der Waals surface area (Å²) in [5.74, 6) is 1.37. The third-order valence-electron chi connectivity index (χ3n) is 6.13. The van der Waals surface area contributed by atoms with Crippen LogP contribution in [-0.2, 0) is 24.8 Å². The first-order valence-corrected chi connectivity index (χ1v) is 11.6. The van der Waals surface area contributed by atoms with Gasteiger partial charge in [0.25, 0.3) is 5.56 Å². The van der Waals surface area contributed by atoms with Gasteiger partial charge >= 0.3 is 0 Å². The maximum Gasteiger partial charge on any atom is 0.277 e. The lowest BCUT2D eigenvalue weighted by atomic mass is 10.1. The third kappa shape index (κ3) is 5.06. The summed E-state index contributed by atoms with van der Waals surface area (Å²) in [6.45, 7) is 4.86. The number of benzene rings is 2. The van der Waals surface area contributed by atoms with Crippen LogP contribution in [0.2, 0.25) is 0 Å². The van der Waals surface area contributed by atoms with E-state index in [9.17, 15) is 9.59 Å². The number of hydrogen-bond donors (Lipinski definition) is 1. The van der Waals surface area contributed by atoms with Gasteiger partial charge in [0.05, 0.1) is 19.4 Å². The molecule has 0 radical (unpaired) electrons. The van der Waals surface area contributed by atoms with Crippen LogP contribution in [-0.4, -0.2) is 33.8 Å². The van der Waals surface area contributed by atoms with Crippen molar-refractivity contribution in [1.82, 2.24) is 19.5 Å². The highest BCUT2D eigenvalue weighted by Gasteiger charge is 2.18. The maximum atomic E-state index is 13.3. The molecule has 0 unspecified atom stereocenters. The smallest absolute Gasteiger partial charge is 0.277 e. The van der Waals surface area contributed by atoms with Gasteiger partial charge in [0.2, 0.25) is 5.91 Å². The molecule has 0 fully saturated rings. The van der Waals surface area contributed by atoms with Gasteiger partial charge < -0.3 is 19.4 Å². The summed E-state index contributed by atoms with van der Waals surface area (Å²) in [4.78, 5) is 25.8. The number of aromatic nitrogens is 3. The fourth-order valence-corrected chi connectivity index (χ4v) is 4.09. The molecule has 0 spiro atoms. The second-order valence-corrected chi connectivity index (χ2v) is 8.28. The Morgan fingerprint density at radius 1 is 1.11 bits per heavy atom. The minimum atomic E-state index is -0.212. The van der Waals surface area contributed by atoms with Crippen molar-refractivity contribution >= 4 is 11.6 Å². The SMILES string of the molecule is CCOc1ccc(CNC(=O)CCc2c(C)n(C)c3cc(-c4ccccc4OC)nn3c2=O)cc1. The van der Waals surface area contributed by atoms with Crippen molar-refractivity contribution in [1.29, 1.82) is 0 Å². The van der Waals surface area contributed by atoms with Gasteiger partial charge in [-0.05, 0) is 50.1 Å². The number of para-hydroxylation sites is 1. The number of methoxy groups -OCH3 is 1. The van der Waals surface area contributed by atoms with Crippen LogP contribution in [0, 0.1) is 6.92 Å². The lowest BCUT2D eigenvalue weighted by Gasteiger charge is -2.12. The highest BCUT2D eigenvalue weighted by molar-refractivity contribution is 5.76. The highest BCUT2D eigenvalue weighted by Crippen LogP contribution is 2.29. The Labute approximate surface area is 204 Å². The van der Waals surface area contributed by atoms with E-state index in [-0.39, 0.29) is 17.9 Å². The molecule has 2 aromatic heterocycles. The van der Waals surface area contributed by atoms with E-state index in [1.54, 1.807) is 7.11 Å². The molecule has 8 heteroatoms. The third-order valence-corrected chi connectivity index (χ3v) is 6.13. The average molecular weight is 475 g/mol. The molecule has 0 bridgehead atoms. The van der Waals surface area contributed by atoms with Gasteiger partial charge in [-0.3, -0.25) is 9.59 Å². The molecule has 8 nitrogen and oxygen atoms in total. The molecule has 0 saturated heterocycles. The first-order chi connectivity index (χ1) is 16.9. The normalized spacial score (nSPS) is 11.0. The fraction of sp³-hybridized carbons (Fsp3) is 0.296. The van der Waals surface area contributed by atoms with E-state index in [0.29, 0.717) is 42.2 Å². The average Bonchev–Trinajstić information content (AvgIpc) is 3.33. The molecule has 182 valence electrons. The van der Waals surface area contributed by atoms with Crippen LogP contribution < -0.4 is 20.3 Å². The molecule has 2 heterocycles. The van der Waals surface area contributed by atoms with E-state index in [0.717, 1.165) is 22.6 Å². The summed E-state index contributed by atoms with van der Waals surface area (Å²) < 4.78 is 14.2. The minimum absolute atomic E-state index is 0.115. The monoisotopic (exact) mass is 474 g/mol. The molecule has 35 heavy (non-hydrogen) atoms. The van der Waals surface area contributed by atoms with Crippen molar-refractivity contribution in [3.8, 4) is 22.8 Å². The molecule has 0 saturated carbocycles. The van der Waals surface area contributed by atoms with Crippen molar-refractivity contribution in [2.24, 2.45) is 7.05 Å². The molecule has 1 amide bonds. The zero-order chi connectivity index (χ0) is 24.9. The first-order valence-electron chi connectivity index (χ1n) is 11.6. The van der Waals surface area contributed by atoms with Crippen LogP contribution in [0.25, 0.3) is 16.9 Å². The van der Waals surface area contributed by atoms with E-state index in [1.807, 2.05) is 80.1 Å². The molecular formula is C27H30N4O4. The van der Waals surface area contributed by atoms with Crippen LogP contribution in [0.4, 0.5) is 0 Å². The number of hydrogen-bond acceptors (Lipinski definition) is 5. The van der Waals surface area contributed by atoms with Crippen LogP contribution in [0.5, 0.6) is 11.5 Å². The topological polar surface area (TPSA) is 86.9 Å². The number of ether oxygens (including phenoxy) is 2. The number of rotatable bonds is 9. The second kappa shape index (κ2) is 10.5. The summed E-state index contributed by atoms with van der Waals surface area (Å²) >= 11 is 0. The summed E-state index contributed by atoms with van der Waals surface area (Å²) in [6.07, 6.45) is 0.534. The highest BCUT2D eigenvalue weighted by atomic mass is 16.5. The second-order valence-electron chi connectivity index (χ2n) is 8.28. The van der Waals surface area contributed by atoms with Crippen LogP contribution >= 0.6 is 0 Å². The number of amides is 1. The van der Waals surface area contributed by atoms with E-state index in [1.165, 1.54) is 4.52 Å². The molecular weight excluding hydrogens is 444 g/mol. The Balaban J connectivity index is 1.50. The van der Waals surface area contributed by atoms with E-state index in [4.69, 9.17) is 9.47 Å². The molecule has 4 aromatic rings. The Hall–Kier alpha value is -4.07. The Bertz CT molecular complexity index is 1400. The minimum Gasteiger partial charge on any atom is -0.496 e. The van der Waals surface area contributed by atoms with Crippen molar-refractivity contribution in [3.05, 3.63) is 81.8 Å². The number of fused-ring (bicyclic) bond motifs is 1. The zero-order valence-electron chi connectivity index (χ0n) is 20.5. The molecule has 0 aliphatic heterocycles. The van der Waals surface area contributed by atoms with Crippen LogP contribution in [0.15, 0.2) is 59.4 Å². The number of carbonyl (C=O) groups is 1. The Morgan fingerprint density at radius 3 is 2.57 bits per heavy atom. The summed E-state index contributed by atoms with van der Waals surface area (Å²) in [7, 11) is 3.50. The van der Waals surface area contributed by atoms with Gasteiger partial charge in [-0.1, -0.05) is 24.3 Å². The molecule has 1 N–H and O–H groups in total. The van der Waals surface area contributed by atoms with Crippen LogP contribution in [0.1, 0.15) is 30.2 Å². The summed E-state index contributed by atoms with van der Waals surface area (Å²) in [5.41, 5.74) is 4.30. The number of carbonyl (C=O) groups excluding carboxylic acids is 1.